The van der Waals surface area contributed by atoms with E-state index in [-0.39, 0.29) is 5.91 Å². The predicted molar refractivity (Wildman–Crippen MR) is 137 cm³/mol. The molecule has 0 aromatic heterocycles. The van der Waals surface area contributed by atoms with Gasteiger partial charge in [0.1, 0.15) is 0 Å². The number of fused-ring (bicyclic) bond motifs is 1. The number of allylic oxidation sites excluding steroid dienone is 1. The average molecular weight is 437 g/mol. The molecule has 1 aromatic carbocycles. The summed E-state index contributed by atoms with van der Waals surface area (Å²) in [6.45, 7) is 17.3. The lowest BCUT2D eigenvalue weighted by Crippen LogP contribution is -2.40. The maximum atomic E-state index is 13.0. The van der Waals surface area contributed by atoms with Gasteiger partial charge in [0.2, 0.25) is 0 Å². The van der Waals surface area contributed by atoms with Crippen LogP contribution in [0.15, 0.2) is 42.5 Å². The highest BCUT2D eigenvalue weighted by atomic mass is 16.1. The predicted octanol–water partition coefficient (Wildman–Crippen LogP) is 6.42. The van der Waals surface area contributed by atoms with Gasteiger partial charge < -0.3 is 10.2 Å². The summed E-state index contributed by atoms with van der Waals surface area (Å²) in [5.74, 6) is 2.43. The maximum Gasteiger partial charge on any atom is 0.251 e. The highest BCUT2D eigenvalue weighted by Crippen LogP contribution is 2.43. The van der Waals surface area contributed by atoms with Gasteiger partial charge in [-0.3, -0.25) is 4.79 Å². The van der Waals surface area contributed by atoms with Crippen LogP contribution in [0.4, 0.5) is 0 Å². The second-order valence-corrected chi connectivity index (χ2v) is 10.4. The van der Waals surface area contributed by atoms with Gasteiger partial charge >= 0.3 is 0 Å². The fourth-order valence-corrected chi connectivity index (χ4v) is 5.48. The first-order chi connectivity index (χ1) is 15.4. The number of hydrogen-bond donors (Lipinski definition) is 1. The number of carbonyl (C=O) groups is 1. The minimum Gasteiger partial charge on any atom is -0.351 e. The first-order valence-corrected chi connectivity index (χ1v) is 12.9. The number of rotatable bonds is 10. The lowest BCUT2D eigenvalue weighted by molar-refractivity contribution is -0.117. The van der Waals surface area contributed by atoms with Crippen LogP contribution >= 0.6 is 0 Å². The first-order valence-electron chi connectivity index (χ1n) is 12.9. The molecule has 1 aliphatic carbocycles. The van der Waals surface area contributed by atoms with Gasteiger partial charge in [0.05, 0.1) is 0 Å². The van der Waals surface area contributed by atoms with Crippen molar-refractivity contribution in [2.24, 2.45) is 17.8 Å². The summed E-state index contributed by atoms with van der Waals surface area (Å²) < 4.78 is 0. The SMILES string of the molecule is C=C(C(=O)NCCN1CCC(CCCC)CC1)C1=CC(C)C(CC(C)C)c2ccccc21. The highest BCUT2D eigenvalue weighted by molar-refractivity contribution is 6.09. The van der Waals surface area contributed by atoms with E-state index in [1.807, 2.05) is 0 Å². The van der Waals surface area contributed by atoms with Crippen LogP contribution in [0.1, 0.15) is 83.3 Å². The minimum absolute atomic E-state index is 0.0293. The van der Waals surface area contributed by atoms with Crippen molar-refractivity contribution in [3.05, 3.63) is 53.6 Å². The van der Waals surface area contributed by atoms with E-state index >= 15 is 0 Å². The van der Waals surface area contributed by atoms with Crippen LogP contribution in [0.3, 0.4) is 0 Å². The fraction of sp³-hybridized carbons (Fsp3) is 0.621. The third kappa shape index (κ3) is 6.34. The Labute approximate surface area is 196 Å². The molecule has 1 saturated heterocycles. The Hall–Kier alpha value is -1.87. The van der Waals surface area contributed by atoms with Crippen LogP contribution in [0.5, 0.6) is 0 Å². The van der Waals surface area contributed by atoms with Crippen LogP contribution in [0.2, 0.25) is 0 Å². The summed E-state index contributed by atoms with van der Waals surface area (Å²) in [5.41, 5.74) is 4.17. The summed E-state index contributed by atoms with van der Waals surface area (Å²) in [4.78, 5) is 15.5. The Bertz CT molecular complexity index is 801. The van der Waals surface area contributed by atoms with Crippen LogP contribution in [-0.4, -0.2) is 37.0 Å². The second-order valence-electron chi connectivity index (χ2n) is 10.4. The number of benzene rings is 1. The van der Waals surface area contributed by atoms with Crippen LogP contribution < -0.4 is 5.32 Å². The third-order valence-electron chi connectivity index (χ3n) is 7.43. The van der Waals surface area contributed by atoms with Crippen molar-refractivity contribution in [1.82, 2.24) is 10.2 Å². The zero-order valence-electron chi connectivity index (χ0n) is 20.8. The largest absolute Gasteiger partial charge is 0.351 e. The quantitative estimate of drug-likeness (QED) is 0.429. The van der Waals surface area contributed by atoms with Gasteiger partial charge in [-0.25, -0.2) is 0 Å². The molecular weight excluding hydrogens is 392 g/mol. The molecular formula is C29H44N2O. The molecule has 176 valence electrons. The molecule has 3 nitrogen and oxygen atoms in total. The van der Waals surface area contributed by atoms with E-state index in [2.05, 4.69) is 74.8 Å². The maximum absolute atomic E-state index is 13.0. The number of nitrogens with zero attached hydrogens (tertiary/aromatic N) is 1. The van der Waals surface area contributed by atoms with Gasteiger partial charge in [0.25, 0.3) is 5.91 Å². The number of likely N-dealkylation sites (tertiary alicyclic amines) is 1. The van der Waals surface area contributed by atoms with Crippen molar-refractivity contribution in [3.8, 4) is 0 Å². The van der Waals surface area contributed by atoms with Crippen LogP contribution in [-0.2, 0) is 4.79 Å². The molecule has 1 N–H and O–H groups in total. The second kappa shape index (κ2) is 11.8. The number of amides is 1. The first kappa shape index (κ1) is 24.8. The zero-order chi connectivity index (χ0) is 23.1. The van der Waals surface area contributed by atoms with E-state index in [1.165, 1.54) is 56.3 Å². The monoisotopic (exact) mass is 436 g/mol. The molecule has 2 unspecified atom stereocenters. The Balaban J connectivity index is 1.54. The number of piperidine rings is 1. The van der Waals surface area contributed by atoms with Gasteiger partial charge in [-0.2, -0.15) is 0 Å². The molecule has 3 rings (SSSR count). The van der Waals surface area contributed by atoms with E-state index in [9.17, 15) is 4.79 Å². The smallest absolute Gasteiger partial charge is 0.251 e. The Morgan fingerprint density at radius 2 is 1.94 bits per heavy atom. The van der Waals surface area contributed by atoms with Gasteiger partial charge in [0.15, 0.2) is 0 Å². The molecule has 0 spiro atoms. The van der Waals surface area contributed by atoms with Crippen molar-refractivity contribution >= 4 is 11.5 Å². The van der Waals surface area contributed by atoms with Crippen molar-refractivity contribution in [2.75, 3.05) is 26.2 Å². The minimum atomic E-state index is -0.0293. The van der Waals surface area contributed by atoms with E-state index in [0.717, 1.165) is 24.5 Å². The van der Waals surface area contributed by atoms with E-state index < -0.39 is 0 Å². The molecule has 0 bridgehead atoms. The van der Waals surface area contributed by atoms with E-state index in [1.54, 1.807) is 0 Å². The average Bonchev–Trinajstić information content (AvgIpc) is 2.79. The molecule has 1 aromatic rings. The summed E-state index contributed by atoms with van der Waals surface area (Å²) in [7, 11) is 0. The van der Waals surface area contributed by atoms with Gasteiger partial charge in [-0.15, -0.1) is 0 Å². The Morgan fingerprint density at radius 3 is 2.62 bits per heavy atom. The molecule has 0 radical (unpaired) electrons. The molecule has 1 amide bonds. The summed E-state index contributed by atoms with van der Waals surface area (Å²) in [5, 5.41) is 3.14. The van der Waals surface area contributed by atoms with Crippen molar-refractivity contribution < 1.29 is 4.79 Å². The molecule has 1 fully saturated rings. The molecule has 1 aliphatic heterocycles. The number of hydrogen-bond acceptors (Lipinski definition) is 2. The molecule has 2 atom stereocenters. The summed E-state index contributed by atoms with van der Waals surface area (Å²) in [6.07, 6.45) is 10.1. The number of nitrogens with one attached hydrogen (secondary N) is 1. The van der Waals surface area contributed by atoms with Gasteiger partial charge in [-0.05, 0) is 72.7 Å². The van der Waals surface area contributed by atoms with Gasteiger partial charge in [-0.1, -0.05) is 83.9 Å². The standard InChI is InChI=1S/C29H44N2O/c1-6-7-10-24-13-16-31(17-14-24)18-15-30-29(32)23(5)28-20-22(4)27(19-21(2)3)25-11-8-9-12-26(25)28/h8-9,11-12,20-22,24,27H,5-7,10,13-19H2,1-4H3,(H,30,32). The molecule has 0 saturated carbocycles. The van der Waals surface area contributed by atoms with Crippen molar-refractivity contribution in [2.45, 2.75) is 72.1 Å². The lowest BCUT2D eigenvalue weighted by atomic mass is 9.72. The third-order valence-corrected chi connectivity index (χ3v) is 7.43. The molecule has 32 heavy (non-hydrogen) atoms. The molecule has 3 heteroatoms. The number of carbonyl (C=O) groups excluding carboxylic acids is 1. The molecule has 1 heterocycles. The molecule has 2 aliphatic rings. The summed E-state index contributed by atoms with van der Waals surface area (Å²) >= 11 is 0. The summed E-state index contributed by atoms with van der Waals surface area (Å²) in [6, 6.07) is 8.59. The van der Waals surface area contributed by atoms with E-state index in [4.69, 9.17) is 0 Å². The van der Waals surface area contributed by atoms with Crippen molar-refractivity contribution in [1.29, 1.82) is 0 Å². The van der Waals surface area contributed by atoms with E-state index in [0.29, 0.717) is 29.9 Å². The topological polar surface area (TPSA) is 32.3 Å². The fourth-order valence-electron chi connectivity index (χ4n) is 5.48. The van der Waals surface area contributed by atoms with Gasteiger partial charge in [0, 0.05) is 18.7 Å². The zero-order valence-corrected chi connectivity index (χ0v) is 20.8. The van der Waals surface area contributed by atoms with Crippen LogP contribution in [0.25, 0.3) is 5.57 Å². The Kier molecular flexibility index (Phi) is 9.16. The number of unbranched alkanes of at least 4 members (excludes halogenated alkanes) is 1. The highest BCUT2D eigenvalue weighted by Gasteiger charge is 2.29. The Morgan fingerprint density at radius 1 is 1.22 bits per heavy atom. The normalized spacial score (nSPS) is 21.8. The van der Waals surface area contributed by atoms with Crippen molar-refractivity contribution in [3.63, 3.8) is 0 Å². The van der Waals surface area contributed by atoms with Crippen LogP contribution in [0, 0.1) is 17.8 Å². The lowest BCUT2D eigenvalue weighted by Gasteiger charge is -2.33.